The number of allylic oxidation sites excluding steroid dienone is 1. The number of rotatable bonds is 7. The van der Waals surface area contributed by atoms with E-state index in [2.05, 4.69) is 31.5 Å². The lowest BCUT2D eigenvalue weighted by atomic mass is 10.2. The van der Waals surface area contributed by atoms with Crippen molar-refractivity contribution in [3.8, 4) is 11.4 Å². The average Bonchev–Trinajstić information content (AvgIpc) is 3.22. The smallest absolute Gasteiger partial charge is 0.237 e. The van der Waals surface area contributed by atoms with Crippen LogP contribution in [0.2, 0.25) is 5.02 Å². The lowest BCUT2D eigenvalue weighted by molar-refractivity contribution is 0.391. The molecule has 2 heterocycles. The fourth-order valence-electron chi connectivity index (χ4n) is 2.51. The van der Waals surface area contributed by atoms with Crippen molar-refractivity contribution < 1.29 is 4.52 Å². The molecule has 25 heavy (non-hydrogen) atoms. The number of hydrogen-bond donors (Lipinski definition) is 0. The zero-order valence-electron chi connectivity index (χ0n) is 13.4. The van der Waals surface area contributed by atoms with Crippen LogP contribution >= 0.6 is 23.4 Å². The normalized spacial score (nSPS) is 14.0. The SMILES string of the molecule is C=CCn1c(SCc2nc(-c3ccc(Cl)cc3)no2)nnc1C1CC1. The number of halogens is 1. The molecule has 128 valence electrons. The van der Waals surface area contributed by atoms with Crippen LogP contribution in [0.4, 0.5) is 0 Å². The van der Waals surface area contributed by atoms with Gasteiger partial charge in [0.2, 0.25) is 11.7 Å². The second-order valence-electron chi connectivity index (χ2n) is 5.82. The Morgan fingerprint density at radius 2 is 2.08 bits per heavy atom. The Morgan fingerprint density at radius 3 is 2.80 bits per heavy atom. The Bertz CT molecular complexity index is 885. The van der Waals surface area contributed by atoms with Gasteiger partial charge in [-0.05, 0) is 37.1 Å². The van der Waals surface area contributed by atoms with Gasteiger partial charge in [-0.1, -0.05) is 34.6 Å². The second kappa shape index (κ2) is 7.01. The van der Waals surface area contributed by atoms with Crippen molar-refractivity contribution in [1.29, 1.82) is 0 Å². The first-order valence-electron chi connectivity index (χ1n) is 8.00. The Balaban J connectivity index is 1.47. The molecule has 0 N–H and O–H groups in total. The van der Waals surface area contributed by atoms with Crippen LogP contribution in [0.25, 0.3) is 11.4 Å². The summed E-state index contributed by atoms with van der Waals surface area (Å²) in [4.78, 5) is 4.44. The van der Waals surface area contributed by atoms with E-state index in [1.165, 1.54) is 12.8 Å². The Hall–Kier alpha value is -2.12. The first-order chi connectivity index (χ1) is 12.2. The molecule has 4 rings (SSSR count). The summed E-state index contributed by atoms with van der Waals surface area (Å²) in [6.07, 6.45) is 4.24. The predicted molar refractivity (Wildman–Crippen MR) is 96.5 cm³/mol. The van der Waals surface area contributed by atoms with Gasteiger partial charge in [0.05, 0.1) is 5.75 Å². The Kier molecular flexibility index (Phi) is 4.59. The molecule has 0 radical (unpaired) electrons. The van der Waals surface area contributed by atoms with Crippen molar-refractivity contribution in [2.45, 2.75) is 36.2 Å². The van der Waals surface area contributed by atoms with E-state index in [4.69, 9.17) is 16.1 Å². The molecule has 0 atom stereocenters. The van der Waals surface area contributed by atoms with Crippen LogP contribution in [0.1, 0.15) is 30.5 Å². The maximum Gasteiger partial charge on any atom is 0.237 e. The van der Waals surface area contributed by atoms with Gasteiger partial charge in [0.1, 0.15) is 5.82 Å². The van der Waals surface area contributed by atoms with Crippen LogP contribution in [-0.2, 0) is 12.3 Å². The van der Waals surface area contributed by atoms with Crippen LogP contribution in [0.5, 0.6) is 0 Å². The van der Waals surface area contributed by atoms with Crippen molar-refractivity contribution in [3.63, 3.8) is 0 Å². The van der Waals surface area contributed by atoms with Crippen molar-refractivity contribution in [2.24, 2.45) is 0 Å². The van der Waals surface area contributed by atoms with Gasteiger partial charge in [-0.2, -0.15) is 4.98 Å². The van der Waals surface area contributed by atoms with Crippen molar-refractivity contribution in [2.75, 3.05) is 0 Å². The first-order valence-corrected chi connectivity index (χ1v) is 9.36. The summed E-state index contributed by atoms with van der Waals surface area (Å²) in [6, 6.07) is 7.34. The Labute approximate surface area is 154 Å². The van der Waals surface area contributed by atoms with Crippen LogP contribution < -0.4 is 0 Å². The van der Waals surface area contributed by atoms with E-state index in [-0.39, 0.29) is 0 Å². The number of aromatic nitrogens is 5. The van der Waals surface area contributed by atoms with Crippen LogP contribution in [0.15, 0.2) is 46.6 Å². The molecule has 0 bridgehead atoms. The standard InChI is InChI=1S/C17H16ClN5OS/c1-2-9-23-16(12-3-4-12)20-21-17(23)25-10-14-19-15(22-24-14)11-5-7-13(18)8-6-11/h2,5-8,12H,1,3-4,9-10H2. The molecule has 2 aromatic heterocycles. The highest BCUT2D eigenvalue weighted by atomic mass is 35.5. The molecule has 1 aliphatic rings. The summed E-state index contributed by atoms with van der Waals surface area (Å²) in [5.74, 6) is 3.24. The molecule has 1 aromatic carbocycles. The monoisotopic (exact) mass is 373 g/mol. The molecule has 1 saturated carbocycles. The van der Waals surface area contributed by atoms with E-state index in [0.717, 1.165) is 16.5 Å². The van der Waals surface area contributed by atoms with E-state index in [9.17, 15) is 0 Å². The van der Waals surface area contributed by atoms with Crippen LogP contribution in [0, 0.1) is 0 Å². The lowest BCUT2D eigenvalue weighted by Crippen LogP contribution is -2.02. The maximum absolute atomic E-state index is 5.90. The highest BCUT2D eigenvalue weighted by molar-refractivity contribution is 7.98. The number of hydrogen-bond acceptors (Lipinski definition) is 6. The molecule has 0 saturated heterocycles. The van der Waals surface area contributed by atoms with Gasteiger partial charge in [0.15, 0.2) is 5.16 Å². The third-order valence-corrected chi connectivity index (χ3v) is 5.10. The molecule has 0 aliphatic heterocycles. The lowest BCUT2D eigenvalue weighted by Gasteiger charge is -2.05. The maximum atomic E-state index is 5.90. The minimum absolute atomic E-state index is 0.542. The minimum Gasteiger partial charge on any atom is -0.338 e. The van der Waals surface area contributed by atoms with Crippen LogP contribution in [-0.4, -0.2) is 24.9 Å². The van der Waals surface area contributed by atoms with Gasteiger partial charge in [-0.25, -0.2) is 0 Å². The zero-order valence-corrected chi connectivity index (χ0v) is 15.0. The molecule has 6 nitrogen and oxygen atoms in total. The summed E-state index contributed by atoms with van der Waals surface area (Å²) < 4.78 is 7.46. The zero-order chi connectivity index (χ0) is 17.2. The highest BCUT2D eigenvalue weighted by Crippen LogP contribution is 2.40. The Morgan fingerprint density at radius 1 is 1.28 bits per heavy atom. The summed E-state index contributed by atoms with van der Waals surface area (Å²) in [5, 5.41) is 14.2. The minimum atomic E-state index is 0.542. The van der Waals surface area contributed by atoms with Crippen molar-refractivity contribution in [3.05, 3.63) is 53.7 Å². The van der Waals surface area contributed by atoms with Gasteiger partial charge in [0, 0.05) is 23.0 Å². The van der Waals surface area contributed by atoms with Crippen molar-refractivity contribution in [1.82, 2.24) is 24.9 Å². The van der Waals surface area contributed by atoms with E-state index in [0.29, 0.717) is 35.0 Å². The van der Waals surface area contributed by atoms with E-state index in [1.54, 1.807) is 23.9 Å². The molecule has 0 amide bonds. The van der Waals surface area contributed by atoms with Gasteiger partial charge in [-0.3, -0.25) is 0 Å². The molecule has 1 fully saturated rings. The summed E-state index contributed by atoms with van der Waals surface area (Å²) >= 11 is 7.44. The predicted octanol–water partition coefficient (Wildman–Crippen LogP) is 4.34. The van der Waals surface area contributed by atoms with Gasteiger partial charge in [0.25, 0.3) is 0 Å². The topological polar surface area (TPSA) is 69.6 Å². The largest absolute Gasteiger partial charge is 0.338 e. The quantitative estimate of drug-likeness (QED) is 0.453. The molecule has 8 heteroatoms. The van der Waals surface area contributed by atoms with Crippen molar-refractivity contribution >= 4 is 23.4 Å². The second-order valence-corrected chi connectivity index (χ2v) is 7.20. The molecule has 0 spiro atoms. The average molecular weight is 374 g/mol. The summed E-state index contributed by atoms with van der Waals surface area (Å²) in [5.41, 5.74) is 0.871. The number of nitrogens with zero attached hydrogens (tertiary/aromatic N) is 5. The molecular formula is C17H16ClN5OS. The fourth-order valence-corrected chi connectivity index (χ4v) is 3.43. The molecular weight excluding hydrogens is 358 g/mol. The van der Waals surface area contributed by atoms with E-state index >= 15 is 0 Å². The summed E-state index contributed by atoms with van der Waals surface area (Å²) in [7, 11) is 0. The number of thioether (sulfide) groups is 1. The van der Waals surface area contributed by atoms with E-state index < -0.39 is 0 Å². The number of benzene rings is 1. The highest BCUT2D eigenvalue weighted by Gasteiger charge is 2.30. The first kappa shape index (κ1) is 16.4. The van der Waals surface area contributed by atoms with Gasteiger partial charge < -0.3 is 9.09 Å². The molecule has 0 unspecified atom stereocenters. The third-order valence-electron chi connectivity index (χ3n) is 3.89. The molecule has 1 aliphatic carbocycles. The van der Waals surface area contributed by atoms with Gasteiger partial charge >= 0.3 is 0 Å². The molecule has 3 aromatic rings. The van der Waals surface area contributed by atoms with Gasteiger partial charge in [-0.15, -0.1) is 16.8 Å². The fraction of sp³-hybridized carbons (Fsp3) is 0.294. The third kappa shape index (κ3) is 3.62. The summed E-state index contributed by atoms with van der Waals surface area (Å²) in [6.45, 7) is 4.53. The van der Waals surface area contributed by atoms with E-state index in [1.807, 2.05) is 18.2 Å². The van der Waals surface area contributed by atoms with Crippen LogP contribution in [0.3, 0.4) is 0 Å².